The molecule has 0 spiro atoms. The Kier molecular flexibility index (Phi) is 3.53. The second-order valence-electron chi connectivity index (χ2n) is 4.36. The van der Waals surface area contributed by atoms with Crippen LogP contribution in [0.2, 0.25) is 0 Å². The van der Waals surface area contributed by atoms with Gasteiger partial charge in [0.25, 0.3) is 0 Å². The maximum absolute atomic E-state index is 2.60. The molecule has 0 aromatic heterocycles. The lowest BCUT2D eigenvalue weighted by molar-refractivity contribution is -1.00. The molecule has 1 rings (SSSR count). The fourth-order valence-corrected chi connectivity index (χ4v) is 2.11. The van der Waals surface area contributed by atoms with E-state index in [1.807, 2.05) is 0 Å². The van der Waals surface area contributed by atoms with E-state index in [1.165, 1.54) is 45.3 Å². The quantitative estimate of drug-likeness (QED) is 0.586. The molecule has 2 nitrogen and oxygen atoms in total. The van der Waals surface area contributed by atoms with Gasteiger partial charge in [0, 0.05) is 13.1 Å². The number of rotatable bonds is 3. The van der Waals surface area contributed by atoms with Gasteiger partial charge in [0.1, 0.15) is 0 Å². The van der Waals surface area contributed by atoms with E-state index in [9.17, 15) is 0 Å². The summed E-state index contributed by atoms with van der Waals surface area (Å²) in [6.07, 6.45) is 5.50. The summed E-state index contributed by atoms with van der Waals surface area (Å²) in [7, 11) is 4.66. The number of nitrogens with zero attached hydrogens (tertiary/aromatic N) is 2. The van der Waals surface area contributed by atoms with Gasteiger partial charge in [-0.15, -0.1) is 0 Å². The van der Waals surface area contributed by atoms with Crippen LogP contribution in [0.3, 0.4) is 0 Å². The van der Waals surface area contributed by atoms with Gasteiger partial charge in [-0.2, -0.15) is 5.01 Å². The van der Waals surface area contributed by atoms with Gasteiger partial charge in [-0.25, -0.2) is 4.59 Å². The Morgan fingerprint density at radius 2 is 1.67 bits per heavy atom. The summed E-state index contributed by atoms with van der Waals surface area (Å²) < 4.78 is 1.09. The van der Waals surface area contributed by atoms with E-state index in [4.69, 9.17) is 0 Å². The molecule has 0 aromatic rings. The molecule has 1 aliphatic rings. The second-order valence-corrected chi connectivity index (χ2v) is 4.36. The summed E-state index contributed by atoms with van der Waals surface area (Å²) in [6, 6.07) is 0. The van der Waals surface area contributed by atoms with Gasteiger partial charge in [-0.05, 0) is 19.3 Å². The Morgan fingerprint density at radius 3 is 2.17 bits per heavy atom. The van der Waals surface area contributed by atoms with Gasteiger partial charge < -0.3 is 0 Å². The van der Waals surface area contributed by atoms with E-state index in [1.54, 1.807) is 0 Å². The van der Waals surface area contributed by atoms with Gasteiger partial charge in [-0.3, -0.25) is 0 Å². The van der Waals surface area contributed by atoms with Crippen LogP contribution in [0.1, 0.15) is 32.6 Å². The van der Waals surface area contributed by atoms with Crippen LogP contribution in [-0.4, -0.2) is 43.3 Å². The van der Waals surface area contributed by atoms with Crippen LogP contribution in [0, 0.1) is 0 Å². The van der Waals surface area contributed by atoms with Gasteiger partial charge in [-0.1, -0.05) is 13.3 Å². The molecule has 0 aromatic carbocycles. The number of piperidine rings is 1. The van der Waals surface area contributed by atoms with Crippen molar-refractivity contribution in [1.29, 1.82) is 0 Å². The zero-order valence-corrected chi connectivity index (χ0v) is 8.84. The van der Waals surface area contributed by atoms with Crippen LogP contribution in [0.25, 0.3) is 0 Å². The van der Waals surface area contributed by atoms with E-state index in [-0.39, 0.29) is 0 Å². The fourth-order valence-electron chi connectivity index (χ4n) is 2.11. The smallest absolute Gasteiger partial charge is 0.0957 e. The van der Waals surface area contributed by atoms with Crippen molar-refractivity contribution in [1.82, 2.24) is 5.01 Å². The minimum absolute atomic E-state index is 1.09. The van der Waals surface area contributed by atoms with Crippen LogP contribution in [0.15, 0.2) is 0 Å². The Bertz CT molecular complexity index is 126. The molecule has 0 bridgehead atoms. The van der Waals surface area contributed by atoms with Crippen molar-refractivity contribution in [3.05, 3.63) is 0 Å². The summed E-state index contributed by atoms with van der Waals surface area (Å²) >= 11 is 0. The van der Waals surface area contributed by atoms with Crippen molar-refractivity contribution < 1.29 is 4.59 Å². The number of quaternary nitrogens is 1. The van der Waals surface area contributed by atoms with E-state index in [0.717, 1.165) is 4.59 Å². The molecule has 0 saturated carbocycles. The fraction of sp³-hybridized carbons (Fsp3) is 1.00. The maximum Gasteiger partial charge on any atom is 0.0957 e. The van der Waals surface area contributed by atoms with Gasteiger partial charge in [0.2, 0.25) is 0 Å². The predicted octanol–water partition coefficient (Wildman–Crippen LogP) is 1.87. The average Bonchev–Trinajstić information content (AvgIpc) is 2.06. The molecule has 0 amide bonds. The average molecular weight is 171 g/mol. The van der Waals surface area contributed by atoms with Crippen LogP contribution in [-0.2, 0) is 0 Å². The summed E-state index contributed by atoms with van der Waals surface area (Å²) in [4.78, 5) is 0. The first-order chi connectivity index (χ1) is 5.67. The molecule has 2 heteroatoms. The van der Waals surface area contributed by atoms with Gasteiger partial charge >= 0.3 is 0 Å². The number of hydrogen-bond acceptors (Lipinski definition) is 1. The molecule has 1 aliphatic heterocycles. The standard InChI is InChI=1S/C10H23N2/c1-4-10-12(2,3)11-8-6-5-7-9-11/h4-10H2,1-3H3/q+1. The van der Waals surface area contributed by atoms with Crippen molar-refractivity contribution in [2.24, 2.45) is 0 Å². The molecular formula is C10H23N2+. The third kappa shape index (κ3) is 2.46. The topological polar surface area (TPSA) is 3.24 Å². The van der Waals surface area contributed by atoms with E-state index >= 15 is 0 Å². The lowest BCUT2D eigenvalue weighted by Gasteiger charge is -2.41. The molecular weight excluding hydrogens is 148 g/mol. The monoisotopic (exact) mass is 171 g/mol. The third-order valence-electron chi connectivity index (χ3n) is 2.87. The largest absolute Gasteiger partial charge is 0.248 e. The van der Waals surface area contributed by atoms with Crippen molar-refractivity contribution >= 4 is 0 Å². The highest BCUT2D eigenvalue weighted by Gasteiger charge is 2.25. The molecule has 12 heavy (non-hydrogen) atoms. The first-order valence-electron chi connectivity index (χ1n) is 5.25. The van der Waals surface area contributed by atoms with Crippen molar-refractivity contribution in [3.8, 4) is 0 Å². The Labute approximate surface area is 76.7 Å². The molecule has 0 aliphatic carbocycles. The number of hydrogen-bond donors (Lipinski definition) is 0. The zero-order chi connectivity index (χ0) is 9.03. The van der Waals surface area contributed by atoms with Crippen molar-refractivity contribution in [2.75, 3.05) is 33.7 Å². The van der Waals surface area contributed by atoms with Crippen LogP contribution in [0.4, 0.5) is 0 Å². The van der Waals surface area contributed by atoms with E-state index in [2.05, 4.69) is 26.0 Å². The van der Waals surface area contributed by atoms with Gasteiger partial charge in [0.05, 0.1) is 20.6 Å². The Hall–Kier alpha value is -0.0800. The zero-order valence-electron chi connectivity index (χ0n) is 8.84. The molecule has 1 heterocycles. The van der Waals surface area contributed by atoms with E-state index in [0.29, 0.717) is 0 Å². The first-order valence-corrected chi connectivity index (χ1v) is 5.25. The maximum atomic E-state index is 2.60. The summed E-state index contributed by atoms with van der Waals surface area (Å²) in [6.45, 7) is 6.14. The summed E-state index contributed by atoms with van der Waals surface area (Å²) in [5.74, 6) is 0. The molecule has 0 radical (unpaired) electrons. The second kappa shape index (κ2) is 4.24. The minimum Gasteiger partial charge on any atom is -0.248 e. The summed E-state index contributed by atoms with van der Waals surface area (Å²) in [5.41, 5.74) is 0. The minimum atomic E-state index is 1.09. The SMILES string of the molecule is CCC[N+](C)(C)N1CCCCC1. The highest BCUT2D eigenvalue weighted by Crippen LogP contribution is 2.15. The highest BCUT2D eigenvalue weighted by molar-refractivity contribution is 4.56. The lowest BCUT2D eigenvalue weighted by atomic mass is 10.1. The van der Waals surface area contributed by atoms with Crippen molar-refractivity contribution in [3.63, 3.8) is 0 Å². The van der Waals surface area contributed by atoms with E-state index < -0.39 is 0 Å². The van der Waals surface area contributed by atoms with Crippen LogP contribution in [0.5, 0.6) is 0 Å². The third-order valence-corrected chi connectivity index (χ3v) is 2.87. The molecule has 1 saturated heterocycles. The molecule has 1 fully saturated rings. The summed E-state index contributed by atoms with van der Waals surface area (Å²) in [5, 5.41) is 2.60. The normalized spacial score (nSPS) is 21.2. The Balaban J connectivity index is 2.41. The molecule has 0 N–H and O–H groups in total. The first kappa shape index (κ1) is 10.0. The molecule has 0 atom stereocenters. The molecule has 72 valence electrons. The highest BCUT2D eigenvalue weighted by atomic mass is 15.7. The lowest BCUT2D eigenvalue weighted by Crippen LogP contribution is -2.56. The molecule has 0 unspecified atom stereocenters. The van der Waals surface area contributed by atoms with Crippen LogP contribution >= 0.6 is 0 Å². The van der Waals surface area contributed by atoms with Gasteiger partial charge in [0.15, 0.2) is 0 Å². The predicted molar refractivity (Wildman–Crippen MR) is 52.7 cm³/mol. The van der Waals surface area contributed by atoms with Crippen LogP contribution < -0.4 is 0 Å². The Morgan fingerprint density at radius 1 is 1.08 bits per heavy atom. The van der Waals surface area contributed by atoms with Crippen molar-refractivity contribution in [2.45, 2.75) is 32.6 Å².